The Morgan fingerprint density at radius 2 is 1.84 bits per heavy atom. The van der Waals surface area contributed by atoms with Crippen molar-refractivity contribution in [1.82, 2.24) is 14.1 Å². The predicted molar refractivity (Wildman–Crippen MR) is 74.5 cm³/mol. The van der Waals surface area contributed by atoms with Crippen molar-refractivity contribution in [2.75, 3.05) is 37.3 Å². The van der Waals surface area contributed by atoms with Gasteiger partial charge in [-0.2, -0.15) is 9.40 Å². The van der Waals surface area contributed by atoms with Gasteiger partial charge in [0.1, 0.15) is 5.82 Å². The Hall–Kier alpha value is -1.12. The van der Waals surface area contributed by atoms with Gasteiger partial charge in [0.25, 0.3) is 0 Å². The highest BCUT2D eigenvalue weighted by Gasteiger charge is 2.26. The quantitative estimate of drug-likeness (QED) is 0.792. The van der Waals surface area contributed by atoms with Gasteiger partial charge in [0, 0.05) is 45.3 Å². The highest BCUT2D eigenvalue weighted by molar-refractivity contribution is 7.88. The van der Waals surface area contributed by atoms with E-state index in [2.05, 4.69) is 10.00 Å². The fourth-order valence-electron chi connectivity index (χ4n) is 2.56. The van der Waals surface area contributed by atoms with Crippen molar-refractivity contribution < 1.29 is 8.42 Å². The molecule has 0 unspecified atom stereocenters. The average Bonchev–Trinajstić information content (AvgIpc) is 2.62. The van der Waals surface area contributed by atoms with Gasteiger partial charge < -0.3 is 10.6 Å². The van der Waals surface area contributed by atoms with Gasteiger partial charge >= 0.3 is 0 Å². The summed E-state index contributed by atoms with van der Waals surface area (Å²) < 4.78 is 26.3. The van der Waals surface area contributed by atoms with E-state index in [-0.39, 0.29) is 0 Å². The van der Waals surface area contributed by atoms with Crippen LogP contribution in [0.2, 0.25) is 0 Å². The van der Waals surface area contributed by atoms with Crippen molar-refractivity contribution in [3.63, 3.8) is 0 Å². The lowest BCUT2D eigenvalue weighted by Gasteiger charge is -2.35. The van der Waals surface area contributed by atoms with Crippen LogP contribution in [0.5, 0.6) is 0 Å². The van der Waals surface area contributed by atoms with Crippen molar-refractivity contribution in [2.24, 2.45) is 12.8 Å². The van der Waals surface area contributed by atoms with Crippen LogP contribution in [-0.2, 0) is 23.6 Å². The Bertz CT molecular complexity index is 558. The number of aryl methyl sites for hydroxylation is 2. The molecule has 8 heteroatoms. The normalized spacial score (nSPS) is 18.0. The molecule has 0 amide bonds. The molecule has 1 aromatic heterocycles. The lowest BCUT2D eigenvalue weighted by atomic mass is 10.2. The third kappa shape index (κ3) is 2.75. The lowest BCUT2D eigenvalue weighted by molar-refractivity contribution is 0.385. The minimum absolute atomic E-state index is 0.446. The van der Waals surface area contributed by atoms with E-state index in [9.17, 15) is 8.42 Å². The van der Waals surface area contributed by atoms with E-state index in [0.717, 1.165) is 17.1 Å². The first kappa shape index (κ1) is 14.3. The van der Waals surface area contributed by atoms with Crippen LogP contribution in [0.25, 0.3) is 0 Å². The zero-order chi connectivity index (χ0) is 14.2. The highest BCUT2D eigenvalue weighted by Crippen LogP contribution is 2.24. The molecule has 1 saturated heterocycles. The summed E-state index contributed by atoms with van der Waals surface area (Å²) in [5.74, 6) is 1.01. The molecule has 0 saturated carbocycles. The molecule has 0 aromatic carbocycles. The first-order chi connectivity index (χ1) is 8.84. The number of nitrogens with zero attached hydrogens (tertiary/aromatic N) is 4. The number of nitrogens with two attached hydrogens (primary N) is 1. The number of aromatic nitrogens is 2. The van der Waals surface area contributed by atoms with Crippen LogP contribution in [0.3, 0.4) is 0 Å². The number of hydrogen-bond donors (Lipinski definition) is 1. The maximum absolute atomic E-state index is 11.5. The lowest BCUT2D eigenvalue weighted by Crippen LogP contribution is -2.49. The van der Waals surface area contributed by atoms with Crippen LogP contribution in [-0.4, -0.2) is 54.9 Å². The van der Waals surface area contributed by atoms with E-state index < -0.39 is 10.0 Å². The standard InChI is InChI=1S/C11H21N5O2S/c1-9-10(8-12)11(14(2)13-9)15-4-6-16(7-5-15)19(3,17)18/h4-8,12H2,1-3H3. The molecule has 0 spiro atoms. The van der Waals surface area contributed by atoms with Crippen molar-refractivity contribution in [3.05, 3.63) is 11.3 Å². The molecule has 1 aliphatic rings. The summed E-state index contributed by atoms with van der Waals surface area (Å²) >= 11 is 0. The highest BCUT2D eigenvalue weighted by atomic mass is 32.2. The Morgan fingerprint density at radius 3 is 2.32 bits per heavy atom. The zero-order valence-electron chi connectivity index (χ0n) is 11.6. The third-order valence-corrected chi connectivity index (χ3v) is 4.83. The van der Waals surface area contributed by atoms with Crippen molar-refractivity contribution in [3.8, 4) is 0 Å². The zero-order valence-corrected chi connectivity index (χ0v) is 12.4. The van der Waals surface area contributed by atoms with Crippen LogP contribution < -0.4 is 10.6 Å². The summed E-state index contributed by atoms with van der Waals surface area (Å²) in [6.07, 6.45) is 1.25. The van der Waals surface area contributed by atoms with Crippen molar-refractivity contribution in [1.29, 1.82) is 0 Å². The summed E-state index contributed by atoms with van der Waals surface area (Å²) in [5.41, 5.74) is 7.75. The van der Waals surface area contributed by atoms with Gasteiger partial charge in [-0.15, -0.1) is 0 Å². The van der Waals surface area contributed by atoms with Gasteiger partial charge in [-0.05, 0) is 6.92 Å². The Balaban J connectivity index is 2.18. The van der Waals surface area contributed by atoms with Crippen LogP contribution >= 0.6 is 0 Å². The molecule has 2 heterocycles. The first-order valence-corrected chi connectivity index (χ1v) is 8.12. The molecule has 0 atom stereocenters. The molecule has 1 aliphatic heterocycles. The largest absolute Gasteiger partial charge is 0.354 e. The van der Waals surface area contributed by atoms with Crippen LogP contribution in [0, 0.1) is 6.92 Å². The molecule has 0 radical (unpaired) electrons. The van der Waals surface area contributed by atoms with Gasteiger partial charge in [0.2, 0.25) is 10.0 Å². The van der Waals surface area contributed by atoms with Crippen molar-refractivity contribution in [2.45, 2.75) is 13.5 Å². The van der Waals surface area contributed by atoms with Gasteiger partial charge in [0.15, 0.2) is 0 Å². The summed E-state index contributed by atoms with van der Waals surface area (Å²) in [7, 11) is -1.20. The van der Waals surface area contributed by atoms with Crippen LogP contribution in [0.15, 0.2) is 0 Å². The van der Waals surface area contributed by atoms with E-state index in [0.29, 0.717) is 32.7 Å². The third-order valence-electron chi connectivity index (χ3n) is 3.52. The molecule has 7 nitrogen and oxygen atoms in total. The molecule has 108 valence electrons. The SMILES string of the molecule is Cc1nn(C)c(N2CCN(S(C)(=O)=O)CC2)c1CN. The monoisotopic (exact) mass is 287 g/mol. The van der Waals surface area contributed by atoms with Gasteiger partial charge in [-0.3, -0.25) is 4.68 Å². The van der Waals surface area contributed by atoms with Gasteiger partial charge in [-0.1, -0.05) is 0 Å². The number of piperazine rings is 1. The molecular formula is C11H21N5O2S. The average molecular weight is 287 g/mol. The molecule has 0 bridgehead atoms. The topological polar surface area (TPSA) is 84.5 Å². The molecule has 0 aliphatic carbocycles. The molecule has 2 rings (SSSR count). The maximum atomic E-state index is 11.5. The summed E-state index contributed by atoms with van der Waals surface area (Å²) in [5, 5.41) is 4.39. The smallest absolute Gasteiger partial charge is 0.211 e. The predicted octanol–water partition coefficient (Wildman–Crippen LogP) is -0.731. The molecule has 19 heavy (non-hydrogen) atoms. The molecule has 2 N–H and O–H groups in total. The van der Waals surface area contributed by atoms with E-state index in [4.69, 9.17) is 5.73 Å². The second-order valence-electron chi connectivity index (χ2n) is 4.86. The second-order valence-corrected chi connectivity index (χ2v) is 6.85. The number of anilines is 1. The second kappa shape index (κ2) is 5.10. The minimum Gasteiger partial charge on any atom is -0.354 e. The fraction of sp³-hybridized carbons (Fsp3) is 0.727. The summed E-state index contributed by atoms with van der Waals surface area (Å²) in [6.45, 7) is 4.73. The first-order valence-electron chi connectivity index (χ1n) is 6.27. The maximum Gasteiger partial charge on any atom is 0.211 e. The number of hydrogen-bond acceptors (Lipinski definition) is 5. The Kier molecular flexibility index (Phi) is 3.84. The minimum atomic E-state index is -3.09. The van der Waals surface area contributed by atoms with Crippen LogP contribution in [0.1, 0.15) is 11.3 Å². The Labute approximate surface area is 114 Å². The summed E-state index contributed by atoms with van der Waals surface area (Å²) in [4.78, 5) is 2.16. The summed E-state index contributed by atoms with van der Waals surface area (Å²) in [6, 6.07) is 0. The van der Waals surface area contributed by atoms with E-state index >= 15 is 0 Å². The molecule has 1 aromatic rings. The Morgan fingerprint density at radius 1 is 1.26 bits per heavy atom. The van der Waals surface area contributed by atoms with Gasteiger partial charge in [-0.25, -0.2) is 8.42 Å². The van der Waals surface area contributed by atoms with Crippen LogP contribution in [0.4, 0.5) is 5.82 Å². The fourth-order valence-corrected chi connectivity index (χ4v) is 3.38. The van der Waals surface area contributed by atoms with Gasteiger partial charge in [0.05, 0.1) is 11.9 Å². The van der Waals surface area contributed by atoms with E-state index in [1.807, 2.05) is 18.7 Å². The van der Waals surface area contributed by atoms with E-state index in [1.165, 1.54) is 10.6 Å². The molecule has 1 fully saturated rings. The number of rotatable bonds is 3. The van der Waals surface area contributed by atoms with E-state index in [1.54, 1.807) is 0 Å². The molecular weight excluding hydrogens is 266 g/mol. The van der Waals surface area contributed by atoms with Crippen molar-refractivity contribution >= 4 is 15.8 Å². The number of sulfonamides is 1.